The maximum atomic E-state index is 10.8. The van der Waals surface area contributed by atoms with Crippen molar-refractivity contribution >= 4 is 27.5 Å². The third kappa shape index (κ3) is 4.21. The normalized spacial score (nSPS) is 12.3. The van der Waals surface area contributed by atoms with Crippen molar-refractivity contribution in [2.75, 3.05) is 19.7 Å². The highest BCUT2D eigenvalue weighted by atomic mass is 16.6. The number of para-hydroxylation sites is 1. The van der Waals surface area contributed by atoms with Gasteiger partial charge in [0.1, 0.15) is 12.4 Å². The van der Waals surface area contributed by atoms with Crippen LogP contribution in [-0.2, 0) is 0 Å². The second-order valence-corrected chi connectivity index (χ2v) is 6.80. The summed E-state index contributed by atoms with van der Waals surface area (Å²) in [5.41, 5.74) is 2.60. The van der Waals surface area contributed by atoms with Crippen LogP contribution in [0.1, 0.15) is 11.7 Å². The minimum absolute atomic E-state index is 0.0303. The molecule has 0 radical (unpaired) electrons. The van der Waals surface area contributed by atoms with E-state index in [0.29, 0.717) is 18.7 Å². The second kappa shape index (κ2) is 8.30. The Morgan fingerprint density at radius 2 is 1.86 bits per heavy atom. The maximum absolute atomic E-state index is 10.8. The number of nitro benzene ring substituents is 1. The molecule has 148 valence electrons. The van der Waals surface area contributed by atoms with E-state index in [1.54, 1.807) is 12.1 Å². The topological polar surface area (TPSA) is 100 Å². The number of aromatic nitrogens is 1. The van der Waals surface area contributed by atoms with Crippen LogP contribution in [-0.4, -0.2) is 34.7 Å². The summed E-state index contributed by atoms with van der Waals surface area (Å²) in [7, 11) is 0. The predicted molar refractivity (Wildman–Crippen MR) is 112 cm³/mol. The van der Waals surface area contributed by atoms with Gasteiger partial charge in [0.2, 0.25) is 0 Å². The highest BCUT2D eigenvalue weighted by molar-refractivity contribution is 6.07. The quantitative estimate of drug-likeness (QED) is 0.240. The van der Waals surface area contributed by atoms with Gasteiger partial charge in [0.05, 0.1) is 16.5 Å². The molecule has 1 atom stereocenters. The van der Waals surface area contributed by atoms with E-state index in [0.717, 1.165) is 22.2 Å². The molecule has 0 saturated carbocycles. The van der Waals surface area contributed by atoms with E-state index in [9.17, 15) is 15.2 Å². The third-order valence-corrected chi connectivity index (χ3v) is 4.83. The molecule has 0 bridgehead atoms. The van der Waals surface area contributed by atoms with Crippen LogP contribution in [0.25, 0.3) is 21.8 Å². The Labute approximate surface area is 167 Å². The minimum atomic E-state index is -0.822. The SMILES string of the molecule is O=[N+]([O-])c1cccc([C@@H](O)CNCCOc2ccc3c(c2)[nH]c2ccccc23)c1. The molecule has 0 amide bonds. The van der Waals surface area contributed by atoms with Crippen molar-refractivity contribution in [3.8, 4) is 5.75 Å². The summed E-state index contributed by atoms with van der Waals surface area (Å²) in [4.78, 5) is 13.7. The van der Waals surface area contributed by atoms with E-state index in [1.807, 2.05) is 36.4 Å². The maximum Gasteiger partial charge on any atom is 0.269 e. The Bertz CT molecular complexity index is 1160. The molecule has 0 spiro atoms. The minimum Gasteiger partial charge on any atom is -0.492 e. The van der Waals surface area contributed by atoms with Crippen LogP contribution in [0.2, 0.25) is 0 Å². The van der Waals surface area contributed by atoms with E-state index < -0.39 is 11.0 Å². The number of ether oxygens (including phenoxy) is 1. The van der Waals surface area contributed by atoms with Crippen LogP contribution in [0.15, 0.2) is 66.7 Å². The molecule has 0 saturated heterocycles. The summed E-state index contributed by atoms with van der Waals surface area (Å²) < 4.78 is 5.79. The van der Waals surface area contributed by atoms with Gasteiger partial charge >= 0.3 is 0 Å². The molecular weight excluding hydrogens is 370 g/mol. The monoisotopic (exact) mass is 391 g/mol. The summed E-state index contributed by atoms with van der Waals surface area (Å²) >= 11 is 0. The van der Waals surface area contributed by atoms with Crippen molar-refractivity contribution in [1.82, 2.24) is 10.3 Å². The molecule has 3 aromatic carbocycles. The summed E-state index contributed by atoms with van der Waals surface area (Å²) in [5.74, 6) is 0.769. The van der Waals surface area contributed by atoms with E-state index in [-0.39, 0.29) is 12.2 Å². The number of aliphatic hydroxyl groups excluding tert-OH is 1. The van der Waals surface area contributed by atoms with Gasteiger partial charge < -0.3 is 20.1 Å². The molecule has 0 aliphatic rings. The Balaban J connectivity index is 1.29. The van der Waals surface area contributed by atoms with Crippen molar-refractivity contribution in [2.24, 2.45) is 0 Å². The fourth-order valence-electron chi connectivity index (χ4n) is 3.37. The molecule has 0 unspecified atom stereocenters. The standard InChI is InChI=1S/C22H21N3O4/c26-22(15-4-3-5-16(12-15)25(27)28)14-23-10-11-29-17-8-9-19-18-6-1-2-7-20(18)24-21(19)13-17/h1-9,12-13,22-24,26H,10-11,14H2/t22-/m0/s1. The van der Waals surface area contributed by atoms with Gasteiger partial charge in [-0.15, -0.1) is 0 Å². The van der Waals surface area contributed by atoms with Crippen LogP contribution in [0, 0.1) is 10.1 Å². The van der Waals surface area contributed by atoms with E-state index in [2.05, 4.69) is 16.4 Å². The zero-order valence-corrected chi connectivity index (χ0v) is 15.7. The van der Waals surface area contributed by atoms with Crippen molar-refractivity contribution in [1.29, 1.82) is 0 Å². The van der Waals surface area contributed by atoms with Crippen molar-refractivity contribution in [3.05, 3.63) is 82.4 Å². The summed E-state index contributed by atoms with van der Waals surface area (Å²) in [6.45, 7) is 1.26. The van der Waals surface area contributed by atoms with Gasteiger partial charge in [-0.05, 0) is 23.8 Å². The Morgan fingerprint density at radius 3 is 2.72 bits per heavy atom. The first-order valence-electron chi connectivity index (χ1n) is 9.38. The van der Waals surface area contributed by atoms with Crippen LogP contribution >= 0.6 is 0 Å². The molecule has 4 aromatic rings. The second-order valence-electron chi connectivity index (χ2n) is 6.80. The fraction of sp³-hybridized carbons (Fsp3) is 0.182. The van der Waals surface area contributed by atoms with Gasteiger partial charge in [0, 0.05) is 47.6 Å². The molecule has 3 N–H and O–H groups in total. The molecule has 0 fully saturated rings. The Kier molecular flexibility index (Phi) is 5.41. The number of rotatable bonds is 8. The largest absolute Gasteiger partial charge is 0.492 e. The molecule has 29 heavy (non-hydrogen) atoms. The van der Waals surface area contributed by atoms with Crippen LogP contribution in [0.5, 0.6) is 5.75 Å². The molecule has 7 nitrogen and oxygen atoms in total. The molecule has 7 heteroatoms. The van der Waals surface area contributed by atoms with Gasteiger partial charge in [0.15, 0.2) is 0 Å². The first kappa shape index (κ1) is 18.9. The fourth-order valence-corrected chi connectivity index (χ4v) is 3.37. The number of nitrogens with zero attached hydrogens (tertiary/aromatic N) is 1. The number of nitro groups is 1. The summed E-state index contributed by atoms with van der Waals surface area (Å²) in [5, 5.41) is 26.5. The van der Waals surface area contributed by atoms with Crippen LogP contribution < -0.4 is 10.1 Å². The van der Waals surface area contributed by atoms with Crippen LogP contribution in [0.3, 0.4) is 0 Å². The number of hydrogen-bond donors (Lipinski definition) is 3. The highest BCUT2D eigenvalue weighted by Crippen LogP contribution is 2.28. The first-order valence-corrected chi connectivity index (χ1v) is 9.38. The number of non-ortho nitro benzene ring substituents is 1. The first-order chi connectivity index (χ1) is 14.1. The lowest BCUT2D eigenvalue weighted by atomic mass is 10.1. The average molecular weight is 391 g/mol. The number of H-pyrrole nitrogens is 1. The zero-order chi connectivity index (χ0) is 20.2. The smallest absolute Gasteiger partial charge is 0.269 e. The summed E-state index contributed by atoms with van der Waals surface area (Å²) in [6, 6.07) is 20.2. The molecule has 1 aromatic heterocycles. The van der Waals surface area contributed by atoms with Gasteiger partial charge in [-0.25, -0.2) is 0 Å². The molecule has 0 aliphatic carbocycles. The van der Waals surface area contributed by atoms with Crippen molar-refractivity contribution < 1.29 is 14.8 Å². The Morgan fingerprint density at radius 1 is 1.03 bits per heavy atom. The van der Waals surface area contributed by atoms with Gasteiger partial charge in [0.25, 0.3) is 5.69 Å². The number of benzene rings is 3. The van der Waals surface area contributed by atoms with Gasteiger partial charge in [-0.3, -0.25) is 10.1 Å². The third-order valence-electron chi connectivity index (χ3n) is 4.83. The van der Waals surface area contributed by atoms with E-state index in [4.69, 9.17) is 4.74 Å². The zero-order valence-electron chi connectivity index (χ0n) is 15.7. The van der Waals surface area contributed by atoms with E-state index in [1.165, 1.54) is 17.5 Å². The number of aliphatic hydroxyl groups is 1. The van der Waals surface area contributed by atoms with Gasteiger partial charge in [-0.1, -0.05) is 30.3 Å². The summed E-state index contributed by atoms with van der Waals surface area (Å²) in [6.07, 6.45) is -0.822. The lowest BCUT2D eigenvalue weighted by Gasteiger charge is -2.12. The molecule has 4 rings (SSSR count). The van der Waals surface area contributed by atoms with Gasteiger partial charge in [-0.2, -0.15) is 0 Å². The highest BCUT2D eigenvalue weighted by Gasteiger charge is 2.12. The predicted octanol–water partition coefficient (Wildman–Crippen LogP) is 3.93. The lowest BCUT2D eigenvalue weighted by molar-refractivity contribution is -0.385. The number of aromatic amines is 1. The van der Waals surface area contributed by atoms with Crippen molar-refractivity contribution in [2.45, 2.75) is 6.10 Å². The lowest BCUT2D eigenvalue weighted by Crippen LogP contribution is -2.26. The number of hydrogen-bond acceptors (Lipinski definition) is 5. The van der Waals surface area contributed by atoms with Crippen molar-refractivity contribution in [3.63, 3.8) is 0 Å². The molecular formula is C22H21N3O4. The van der Waals surface area contributed by atoms with E-state index >= 15 is 0 Å². The Hall–Kier alpha value is -3.42. The average Bonchev–Trinajstić information content (AvgIpc) is 3.11. The number of nitrogens with one attached hydrogen (secondary N) is 2. The number of fused-ring (bicyclic) bond motifs is 3. The molecule has 0 aliphatic heterocycles. The molecule has 1 heterocycles. The van der Waals surface area contributed by atoms with Crippen LogP contribution in [0.4, 0.5) is 5.69 Å².